The van der Waals surface area contributed by atoms with E-state index < -0.39 is 5.92 Å². The SMILES string of the molecule is C[C@@H]1CN(CC2CCC(F)(F)C2)CCN1C(=O)CCc1cnn(C)c1. The molecule has 1 aromatic rings. The molecular weight excluding hydrogens is 326 g/mol. The highest BCUT2D eigenvalue weighted by Crippen LogP contribution is 2.39. The van der Waals surface area contributed by atoms with Crippen molar-refractivity contribution in [1.82, 2.24) is 19.6 Å². The third kappa shape index (κ3) is 4.77. The van der Waals surface area contributed by atoms with Gasteiger partial charge in [-0.25, -0.2) is 8.78 Å². The molecule has 0 bridgehead atoms. The van der Waals surface area contributed by atoms with Gasteiger partial charge in [-0.1, -0.05) is 0 Å². The number of amides is 1. The normalized spacial score (nSPS) is 27.0. The molecule has 25 heavy (non-hydrogen) atoms. The van der Waals surface area contributed by atoms with E-state index in [0.29, 0.717) is 25.8 Å². The van der Waals surface area contributed by atoms with Crippen LogP contribution in [0.2, 0.25) is 0 Å². The number of aryl methyl sites for hydroxylation is 2. The van der Waals surface area contributed by atoms with Crippen LogP contribution in [0.25, 0.3) is 0 Å². The molecule has 7 heteroatoms. The Bertz CT molecular complexity index is 604. The monoisotopic (exact) mass is 354 g/mol. The second kappa shape index (κ2) is 7.40. The van der Waals surface area contributed by atoms with Gasteiger partial charge in [-0.2, -0.15) is 5.10 Å². The van der Waals surface area contributed by atoms with Crippen LogP contribution in [0.3, 0.4) is 0 Å². The largest absolute Gasteiger partial charge is 0.337 e. The molecule has 2 atom stereocenters. The fraction of sp³-hybridized carbons (Fsp3) is 0.778. The zero-order chi connectivity index (χ0) is 18.0. The Kier molecular flexibility index (Phi) is 5.41. The molecular formula is C18H28F2N4O. The van der Waals surface area contributed by atoms with Gasteiger partial charge in [-0.15, -0.1) is 0 Å². The molecule has 1 aromatic heterocycles. The minimum absolute atomic E-state index is 0.0195. The van der Waals surface area contributed by atoms with Gasteiger partial charge < -0.3 is 4.90 Å². The Morgan fingerprint density at radius 3 is 2.80 bits per heavy atom. The van der Waals surface area contributed by atoms with Crippen molar-refractivity contribution >= 4 is 5.91 Å². The number of alkyl halides is 2. The van der Waals surface area contributed by atoms with Crippen LogP contribution in [-0.4, -0.2) is 63.6 Å². The number of nitrogens with zero attached hydrogens (tertiary/aromatic N) is 4. The Hall–Kier alpha value is -1.50. The maximum atomic E-state index is 13.3. The molecule has 2 fully saturated rings. The van der Waals surface area contributed by atoms with Crippen LogP contribution in [0.5, 0.6) is 0 Å². The van der Waals surface area contributed by atoms with Crippen molar-refractivity contribution in [3.05, 3.63) is 18.0 Å². The fourth-order valence-electron chi connectivity index (χ4n) is 4.13. The number of halogens is 2. The van der Waals surface area contributed by atoms with Gasteiger partial charge in [0.1, 0.15) is 0 Å². The highest BCUT2D eigenvalue weighted by atomic mass is 19.3. The van der Waals surface area contributed by atoms with Crippen LogP contribution in [0, 0.1) is 5.92 Å². The molecule has 140 valence electrons. The smallest absolute Gasteiger partial charge is 0.248 e. The van der Waals surface area contributed by atoms with Crippen LogP contribution < -0.4 is 0 Å². The average Bonchev–Trinajstić information content (AvgIpc) is 3.10. The number of piperazine rings is 1. The lowest BCUT2D eigenvalue weighted by molar-refractivity contribution is -0.135. The van der Waals surface area contributed by atoms with Crippen molar-refractivity contribution in [3.63, 3.8) is 0 Å². The van der Waals surface area contributed by atoms with E-state index in [9.17, 15) is 13.6 Å². The van der Waals surface area contributed by atoms with Gasteiger partial charge in [0.25, 0.3) is 0 Å². The second-order valence-electron chi connectivity index (χ2n) is 7.68. The van der Waals surface area contributed by atoms with Gasteiger partial charge in [0.05, 0.1) is 6.20 Å². The van der Waals surface area contributed by atoms with Gasteiger partial charge in [0.2, 0.25) is 11.8 Å². The molecule has 2 aliphatic rings. The van der Waals surface area contributed by atoms with E-state index in [1.54, 1.807) is 10.9 Å². The number of hydrogen-bond acceptors (Lipinski definition) is 3. The van der Waals surface area contributed by atoms with E-state index in [2.05, 4.69) is 16.9 Å². The maximum absolute atomic E-state index is 13.3. The molecule has 3 rings (SSSR count). The maximum Gasteiger partial charge on any atom is 0.248 e. The average molecular weight is 354 g/mol. The van der Waals surface area contributed by atoms with Crippen molar-refractivity contribution in [3.8, 4) is 0 Å². The van der Waals surface area contributed by atoms with Crippen LogP contribution in [0.4, 0.5) is 8.78 Å². The topological polar surface area (TPSA) is 41.4 Å². The molecule has 0 aromatic carbocycles. The number of carbonyl (C=O) groups is 1. The van der Waals surface area contributed by atoms with E-state index in [0.717, 1.165) is 25.2 Å². The summed E-state index contributed by atoms with van der Waals surface area (Å²) in [6, 6.07) is 0.136. The summed E-state index contributed by atoms with van der Waals surface area (Å²) in [5.41, 5.74) is 1.07. The third-order valence-corrected chi connectivity index (χ3v) is 5.44. The fourth-order valence-corrected chi connectivity index (χ4v) is 4.13. The van der Waals surface area contributed by atoms with Gasteiger partial charge >= 0.3 is 0 Å². The van der Waals surface area contributed by atoms with Crippen molar-refractivity contribution in [2.75, 3.05) is 26.2 Å². The number of hydrogen-bond donors (Lipinski definition) is 0. The lowest BCUT2D eigenvalue weighted by Gasteiger charge is -2.40. The van der Waals surface area contributed by atoms with E-state index in [4.69, 9.17) is 0 Å². The van der Waals surface area contributed by atoms with Crippen molar-refractivity contribution < 1.29 is 13.6 Å². The van der Waals surface area contributed by atoms with E-state index in [1.165, 1.54) is 0 Å². The molecule has 1 saturated carbocycles. The van der Waals surface area contributed by atoms with E-state index in [-0.39, 0.29) is 30.7 Å². The quantitative estimate of drug-likeness (QED) is 0.815. The molecule has 2 heterocycles. The Balaban J connectivity index is 1.44. The summed E-state index contributed by atoms with van der Waals surface area (Å²) in [5.74, 6) is -2.21. The van der Waals surface area contributed by atoms with Crippen LogP contribution in [-0.2, 0) is 18.3 Å². The zero-order valence-electron chi connectivity index (χ0n) is 15.1. The van der Waals surface area contributed by atoms with Gasteiger partial charge in [-0.3, -0.25) is 14.4 Å². The highest BCUT2D eigenvalue weighted by Gasteiger charge is 2.40. The first-order chi connectivity index (χ1) is 11.8. The first-order valence-electron chi connectivity index (χ1n) is 9.19. The van der Waals surface area contributed by atoms with Crippen molar-refractivity contribution in [2.45, 2.75) is 51.0 Å². The van der Waals surface area contributed by atoms with E-state index >= 15 is 0 Å². The summed E-state index contributed by atoms with van der Waals surface area (Å²) in [4.78, 5) is 16.7. The minimum atomic E-state index is -2.47. The molecule has 1 aliphatic heterocycles. The second-order valence-corrected chi connectivity index (χ2v) is 7.68. The molecule has 1 unspecified atom stereocenters. The molecule has 1 amide bonds. The number of carbonyl (C=O) groups excluding carboxylic acids is 1. The molecule has 1 saturated heterocycles. The molecule has 5 nitrogen and oxygen atoms in total. The lowest BCUT2D eigenvalue weighted by atomic mass is 10.1. The number of aromatic nitrogens is 2. The van der Waals surface area contributed by atoms with E-state index in [1.807, 2.05) is 18.1 Å². The molecule has 0 radical (unpaired) electrons. The summed E-state index contributed by atoms with van der Waals surface area (Å²) in [6.45, 7) is 5.04. The predicted molar refractivity (Wildman–Crippen MR) is 91.4 cm³/mol. The lowest BCUT2D eigenvalue weighted by Crippen LogP contribution is -2.54. The van der Waals surface area contributed by atoms with Crippen LogP contribution >= 0.6 is 0 Å². The van der Waals surface area contributed by atoms with Crippen LogP contribution in [0.15, 0.2) is 12.4 Å². The third-order valence-electron chi connectivity index (χ3n) is 5.44. The van der Waals surface area contributed by atoms with Crippen molar-refractivity contribution in [1.29, 1.82) is 0 Å². The first-order valence-corrected chi connectivity index (χ1v) is 9.19. The Morgan fingerprint density at radius 1 is 1.40 bits per heavy atom. The van der Waals surface area contributed by atoms with Crippen molar-refractivity contribution in [2.24, 2.45) is 13.0 Å². The van der Waals surface area contributed by atoms with Crippen LogP contribution in [0.1, 0.15) is 38.2 Å². The first kappa shape index (κ1) is 18.3. The van der Waals surface area contributed by atoms with Gasteiger partial charge in [-0.05, 0) is 31.2 Å². The summed E-state index contributed by atoms with van der Waals surface area (Å²) in [7, 11) is 1.87. The summed E-state index contributed by atoms with van der Waals surface area (Å²) < 4.78 is 28.4. The summed E-state index contributed by atoms with van der Waals surface area (Å²) >= 11 is 0. The molecule has 0 N–H and O–H groups in total. The van der Waals surface area contributed by atoms with Gasteiger partial charge in [0, 0.05) is 64.7 Å². The minimum Gasteiger partial charge on any atom is -0.337 e. The van der Waals surface area contributed by atoms with Gasteiger partial charge in [0.15, 0.2) is 0 Å². The molecule has 0 spiro atoms. The standard InChI is InChI=1S/C18H28F2N4O/c1-14-11-23(13-15-5-6-18(19,20)9-15)7-8-24(14)17(25)4-3-16-10-21-22(2)12-16/h10,12,14-15H,3-9,11,13H2,1-2H3/t14-,15?/m1/s1. The number of rotatable bonds is 5. The molecule has 1 aliphatic carbocycles. The summed E-state index contributed by atoms with van der Waals surface area (Å²) in [5, 5.41) is 4.12. The summed E-state index contributed by atoms with van der Waals surface area (Å²) in [6.07, 6.45) is 5.59. The predicted octanol–water partition coefficient (Wildman–Crippen LogP) is 2.32. The Labute approximate surface area is 148 Å². The zero-order valence-corrected chi connectivity index (χ0v) is 15.1. The Morgan fingerprint density at radius 2 is 2.20 bits per heavy atom. The highest BCUT2D eigenvalue weighted by molar-refractivity contribution is 5.76.